The van der Waals surface area contributed by atoms with Crippen LogP contribution in [-0.4, -0.2) is 37.4 Å². The number of alkyl halides is 3. The maximum Gasteiger partial charge on any atom is 0.435 e. The van der Waals surface area contributed by atoms with Crippen molar-refractivity contribution in [1.82, 2.24) is 24.1 Å². The zero-order valence-corrected chi connectivity index (χ0v) is 17.6. The number of halogens is 4. The van der Waals surface area contributed by atoms with Crippen molar-refractivity contribution in [2.45, 2.75) is 31.9 Å². The molecule has 0 atom stereocenters. The van der Waals surface area contributed by atoms with E-state index in [-0.39, 0.29) is 28.6 Å². The summed E-state index contributed by atoms with van der Waals surface area (Å²) in [5.41, 5.74) is 1.20. The van der Waals surface area contributed by atoms with Crippen LogP contribution in [0.25, 0.3) is 11.3 Å². The van der Waals surface area contributed by atoms with Crippen molar-refractivity contribution in [1.29, 1.82) is 0 Å². The van der Waals surface area contributed by atoms with Gasteiger partial charge in [0, 0.05) is 31.0 Å². The van der Waals surface area contributed by atoms with Crippen LogP contribution in [0.4, 0.5) is 28.9 Å². The average Bonchev–Trinajstić information content (AvgIpc) is 3.40. The number of aromatic nitrogens is 5. The third-order valence-corrected chi connectivity index (χ3v) is 5.59. The lowest BCUT2D eigenvalue weighted by Gasteiger charge is -2.19. The SMILES string of the molecule is Cc1cn(-c2ccc(Nc3cc(C(F)(F)F)nn4cc(C5CCOCC5)nc34)cc2F)cn1. The molecule has 4 aromatic rings. The quantitative estimate of drug-likeness (QED) is 0.433. The van der Waals surface area contributed by atoms with Crippen molar-refractivity contribution in [3.8, 4) is 5.69 Å². The molecule has 0 saturated carbocycles. The molecule has 1 saturated heterocycles. The van der Waals surface area contributed by atoms with E-state index in [1.165, 1.54) is 29.2 Å². The Morgan fingerprint density at radius 1 is 1.12 bits per heavy atom. The molecule has 1 fully saturated rings. The number of rotatable bonds is 4. The molecule has 0 amide bonds. The number of nitrogens with one attached hydrogen (secondary N) is 1. The lowest BCUT2D eigenvalue weighted by Crippen LogP contribution is -2.14. The van der Waals surface area contributed by atoms with Gasteiger partial charge in [0.2, 0.25) is 0 Å². The Bertz CT molecular complexity index is 1310. The number of benzene rings is 1. The van der Waals surface area contributed by atoms with E-state index in [2.05, 4.69) is 20.4 Å². The minimum Gasteiger partial charge on any atom is -0.381 e. The zero-order chi connectivity index (χ0) is 23.2. The number of ether oxygens (including phenoxy) is 1. The molecule has 5 rings (SSSR count). The Kier molecular flexibility index (Phi) is 5.28. The largest absolute Gasteiger partial charge is 0.435 e. The summed E-state index contributed by atoms with van der Waals surface area (Å²) in [6.07, 6.45) is 1.51. The number of nitrogens with zero attached hydrogens (tertiary/aromatic N) is 5. The summed E-state index contributed by atoms with van der Waals surface area (Å²) in [5.74, 6) is -0.470. The number of hydrogen-bond donors (Lipinski definition) is 1. The van der Waals surface area contributed by atoms with Gasteiger partial charge in [0.1, 0.15) is 5.82 Å². The van der Waals surface area contributed by atoms with Gasteiger partial charge in [0.05, 0.1) is 35.3 Å². The van der Waals surface area contributed by atoms with Crippen molar-refractivity contribution >= 4 is 17.0 Å². The third-order valence-electron chi connectivity index (χ3n) is 5.59. The molecule has 0 aliphatic carbocycles. The summed E-state index contributed by atoms with van der Waals surface area (Å²) in [4.78, 5) is 8.64. The number of fused-ring (bicyclic) bond motifs is 1. The fourth-order valence-corrected chi connectivity index (χ4v) is 3.92. The summed E-state index contributed by atoms with van der Waals surface area (Å²) in [6, 6.07) is 5.22. The van der Waals surface area contributed by atoms with E-state index in [1.807, 2.05) is 0 Å². The fourth-order valence-electron chi connectivity index (χ4n) is 3.92. The molecule has 1 aromatic carbocycles. The molecule has 172 valence electrons. The molecule has 33 heavy (non-hydrogen) atoms. The molecule has 1 aliphatic heterocycles. The summed E-state index contributed by atoms with van der Waals surface area (Å²) in [6.45, 7) is 2.94. The molecule has 0 radical (unpaired) electrons. The molecule has 4 heterocycles. The topological polar surface area (TPSA) is 69.3 Å². The molecular formula is C22H20F4N6O. The Morgan fingerprint density at radius 3 is 2.58 bits per heavy atom. The van der Waals surface area contributed by atoms with E-state index in [4.69, 9.17) is 4.74 Å². The van der Waals surface area contributed by atoms with E-state index in [0.717, 1.165) is 29.1 Å². The van der Waals surface area contributed by atoms with Crippen LogP contribution in [0.5, 0.6) is 0 Å². The van der Waals surface area contributed by atoms with Gasteiger partial charge in [-0.1, -0.05) is 0 Å². The molecule has 0 unspecified atom stereocenters. The predicted octanol–water partition coefficient (Wildman–Crippen LogP) is 5.02. The number of hydrogen-bond acceptors (Lipinski definition) is 5. The van der Waals surface area contributed by atoms with E-state index in [0.29, 0.717) is 18.9 Å². The molecule has 0 spiro atoms. The van der Waals surface area contributed by atoms with Crippen LogP contribution in [0, 0.1) is 12.7 Å². The van der Waals surface area contributed by atoms with Gasteiger partial charge in [-0.15, -0.1) is 0 Å². The van der Waals surface area contributed by atoms with Crippen molar-refractivity contribution in [2.75, 3.05) is 18.5 Å². The van der Waals surface area contributed by atoms with Crippen molar-refractivity contribution < 1.29 is 22.3 Å². The van der Waals surface area contributed by atoms with E-state index in [1.54, 1.807) is 19.2 Å². The average molecular weight is 460 g/mol. The number of aryl methyl sites for hydroxylation is 1. The standard InChI is InChI=1S/C22H20F4N6O/c1-13-10-31(12-27-13)19-3-2-15(8-16(19)23)28-17-9-20(22(24,25)26)30-32-11-18(29-21(17)32)14-4-6-33-7-5-14/h2-3,8-12,14,28H,4-7H2,1H3. The molecule has 0 bridgehead atoms. The predicted molar refractivity (Wildman–Crippen MR) is 112 cm³/mol. The first-order chi connectivity index (χ1) is 15.8. The highest BCUT2D eigenvalue weighted by Gasteiger charge is 2.34. The molecule has 7 nitrogen and oxygen atoms in total. The van der Waals surface area contributed by atoms with Gasteiger partial charge in [-0.3, -0.25) is 0 Å². The van der Waals surface area contributed by atoms with E-state index in [9.17, 15) is 17.6 Å². The second-order valence-electron chi connectivity index (χ2n) is 7.98. The Labute approximate surface area is 186 Å². The normalized spacial score (nSPS) is 15.3. The second-order valence-corrected chi connectivity index (χ2v) is 7.98. The Balaban J connectivity index is 1.53. The highest BCUT2D eigenvalue weighted by molar-refractivity contribution is 5.74. The van der Waals surface area contributed by atoms with E-state index >= 15 is 0 Å². The third kappa shape index (κ3) is 4.28. The summed E-state index contributed by atoms with van der Waals surface area (Å²) >= 11 is 0. The molecule has 1 aliphatic rings. The van der Waals surface area contributed by atoms with Gasteiger partial charge in [0.15, 0.2) is 11.3 Å². The van der Waals surface area contributed by atoms with Crippen LogP contribution >= 0.6 is 0 Å². The number of imidazole rings is 2. The molecule has 3 aromatic heterocycles. The Morgan fingerprint density at radius 2 is 1.91 bits per heavy atom. The van der Waals surface area contributed by atoms with Gasteiger partial charge in [-0.2, -0.15) is 18.3 Å². The van der Waals surface area contributed by atoms with Gasteiger partial charge in [0.25, 0.3) is 0 Å². The number of anilines is 2. The molecular weight excluding hydrogens is 440 g/mol. The first-order valence-corrected chi connectivity index (χ1v) is 10.4. The summed E-state index contributed by atoms with van der Waals surface area (Å²) < 4.78 is 63.3. The lowest BCUT2D eigenvalue weighted by atomic mass is 9.97. The lowest BCUT2D eigenvalue weighted by molar-refractivity contribution is -0.141. The smallest absolute Gasteiger partial charge is 0.381 e. The van der Waals surface area contributed by atoms with Gasteiger partial charge in [-0.25, -0.2) is 18.9 Å². The van der Waals surface area contributed by atoms with Crippen LogP contribution in [0.3, 0.4) is 0 Å². The van der Waals surface area contributed by atoms with Crippen molar-refractivity contribution in [3.05, 3.63) is 65.9 Å². The second kappa shape index (κ2) is 8.14. The van der Waals surface area contributed by atoms with Crippen LogP contribution < -0.4 is 5.32 Å². The van der Waals surface area contributed by atoms with Crippen LogP contribution in [-0.2, 0) is 10.9 Å². The Hall–Kier alpha value is -3.47. The van der Waals surface area contributed by atoms with Crippen LogP contribution in [0.1, 0.15) is 35.8 Å². The van der Waals surface area contributed by atoms with Crippen molar-refractivity contribution in [2.24, 2.45) is 0 Å². The van der Waals surface area contributed by atoms with E-state index < -0.39 is 17.7 Å². The van der Waals surface area contributed by atoms with Crippen LogP contribution in [0.2, 0.25) is 0 Å². The highest BCUT2D eigenvalue weighted by Crippen LogP contribution is 2.34. The van der Waals surface area contributed by atoms with Gasteiger partial charge < -0.3 is 14.6 Å². The van der Waals surface area contributed by atoms with Crippen LogP contribution in [0.15, 0.2) is 43.0 Å². The molecule has 11 heteroatoms. The van der Waals surface area contributed by atoms with Gasteiger partial charge >= 0.3 is 6.18 Å². The zero-order valence-electron chi connectivity index (χ0n) is 17.6. The maximum atomic E-state index is 14.8. The van der Waals surface area contributed by atoms with Gasteiger partial charge in [-0.05, 0) is 44.0 Å². The highest BCUT2D eigenvalue weighted by atomic mass is 19.4. The summed E-state index contributed by atoms with van der Waals surface area (Å²) in [5, 5.41) is 6.60. The monoisotopic (exact) mass is 460 g/mol. The van der Waals surface area contributed by atoms with Crippen molar-refractivity contribution in [3.63, 3.8) is 0 Å². The molecule has 1 N–H and O–H groups in total. The maximum absolute atomic E-state index is 14.8. The summed E-state index contributed by atoms with van der Waals surface area (Å²) in [7, 11) is 0. The minimum absolute atomic E-state index is 0.0815. The minimum atomic E-state index is -4.65. The first-order valence-electron chi connectivity index (χ1n) is 10.4. The first kappa shape index (κ1) is 21.4. The fraction of sp³-hybridized carbons (Fsp3) is 0.318.